The summed E-state index contributed by atoms with van der Waals surface area (Å²) in [7, 11) is 2.13. The third-order valence-electron chi connectivity index (χ3n) is 7.45. The Morgan fingerprint density at radius 2 is 1.89 bits per heavy atom. The molecule has 1 saturated carbocycles. The van der Waals surface area contributed by atoms with Crippen LogP contribution in [0.4, 0.5) is 11.6 Å². The van der Waals surface area contributed by atoms with Crippen LogP contribution in [0.2, 0.25) is 5.02 Å². The highest BCUT2D eigenvalue weighted by molar-refractivity contribution is 6.32. The van der Waals surface area contributed by atoms with Crippen LogP contribution >= 0.6 is 11.6 Å². The molecule has 198 valence electrons. The molecule has 6 rings (SSSR count). The summed E-state index contributed by atoms with van der Waals surface area (Å²) in [4.78, 5) is 30.0. The lowest BCUT2D eigenvalue weighted by atomic mass is 9.78. The number of likely N-dealkylation sites (N-methyl/N-ethyl adjacent to an activating group) is 1. The summed E-state index contributed by atoms with van der Waals surface area (Å²) in [5.41, 5.74) is 4.46. The molecular weight excluding hydrogens is 498 g/mol. The van der Waals surface area contributed by atoms with Gasteiger partial charge in [0.2, 0.25) is 5.95 Å². The molecule has 0 saturated heterocycles. The Hall–Kier alpha value is -3.23. The minimum Gasteiger partial charge on any atom is -0.324 e. The maximum Gasteiger partial charge on any atom is 0.278 e. The maximum absolute atomic E-state index is 13.4. The highest BCUT2D eigenvalue weighted by atomic mass is 35.5. The van der Waals surface area contributed by atoms with E-state index in [2.05, 4.69) is 62.9 Å². The molecule has 1 aliphatic carbocycles. The number of nitrogens with one attached hydrogen (secondary N) is 1. The number of benzene rings is 1. The van der Waals surface area contributed by atoms with Gasteiger partial charge in [-0.3, -0.25) is 4.79 Å². The predicted molar refractivity (Wildman–Crippen MR) is 152 cm³/mol. The second kappa shape index (κ2) is 8.64. The lowest BCUT2D eigenvalue weighted by Gasteiger charge is -2.39. The van der Waals surface area contributed by atoms with E-state index in [9.17, 15) is 4.79 Å². The van der Waals surface area contributed by atoms with E-state index >= 15 is 0 Å². The molecule has 9 heteroatoms. The summed E-state index contributed by atoms with van der Waals surface area (Å²) in [6, 6.07) is 10.2. The summed E-state index contributed by atoms with van der Waals surface area (Å²) in [5, 5.41) is 4.57. The molecule has 0 spiro atoms. The quantitative estimate of drug-likeness (QED) is 0.362. The SMILES string of the molecule is CN1Cc2cc(Nc3ncc4c(=O)n(C5CC5)n(-c5cccc(C(C)(C)C)n5)c4n3)cc(Cl)c2C(C)(C)C1. The van der Waals surface area contributed by atoms with Crippen LogP contribution in [-0.4, -0.2) is 42.8 Å². The van der Waals surface area contributed by atoms with E-state index in [1.54, 1.807) is 10.9 Å². The van der Waals surface area contributed by atoms with E-state index in [1.807, 2.05) is 28.9 Å². The number of nitrogens with zero attached hydrogens (tertiary/aromatic N) is 6. The number of pyridine rings is 1. The van der Waals surface area contributed by atoms with E-state index in [4.69, 9.17) is 21.6 Å². The van der Waals surface area contributed by atoms with E-state index in [-0.39, 0.29) is 22.4 Å². The molecule has 1 fully saturated rings. The summed E-state index contributed by atoms with van der Waals surface area (Å²) < 4.78 is 3.67. The molecule has 2 aliphatic rings. The van der Waals surface area contributed by atoms with Gasteiger partial charge in [0.25, 0.3) is 5.56 Å². The molecule has 0 bridgehead atoms. The van der Waals surface area contributed by atoms with Crippen molar-refractivity contribution in [2.24, 2.45) is 0 Å². The average molecular weight is 532 g/mol. The minimum absolute atomic E-state index is 0.0380. The van der Waals surface area contributed by atoms with E-state index in [0.717, 1.165) is 42.3 Å². The fourth-order valence-corrected chi connectivity index (χ4v) is 6.23. The van der Waals surface area contributed by atoms with Gasteiger partial charge in [0.1, 0.15) is 5.39 Å². The number of aromatic nitrogens is 5. The van der Waals surface area contributed by atoms with Gasteiger partial charge in [0, 0.05) is 46.5 Å². The van der Waals surface area contributed by atoms with Crippen LogP contribution in [0.3, 0.4) is 0 Å². The zero-order chi connectivity index (χ0) is 27.0. The van der Waals surface area contributed by atoms with Crippen molar-refractivity contribution in [2.45, 2.75) is 70.9 Å². The summed E-state index contributed by atoms with van der Waals surface area (Å²) in [6.45, 7) is 12.6. The van der Waals surface area contributed by atoms with Gasteiger partial charge >= 0.3 is 0 Å². The second-order valence-electron chi connectivity index (χ2n) is 12.4. The van der Waals surface area contributed by atoms with Crippen molar-refractivity contribution >= 4 is 34.3 Å². The molecule has 0 amide bonds. The van der Waals surface area contributed by atoms with E-state index < -0.39 is 0 Å². The molecule has 0 atom stereocenters. The van der Waals surface area contributed by atoms with Crippen molar-refractivity contribution in [3.63, 3.8) is 0 Å². The smallest absolute Gasteiger partial charge is 0.278 e. The van der Waals surface area contributed by atoms with E-state index in [0.29, 0.717) is 22.8 Å². The van der Waals surface area contributed by atoms with Crippen molar-refractivity contribution in [3.8, 4) is 5.82 Å². The summed E-state index contributed by atoms with van der Waals surface area (Å²) >= 11 is 6.81. The van der Waals surface area contributed by atoms with Crippen LogP contribution in [0, 0.1) is 0 Å². The molecule has 4 aromatic rings. The molecule has 38 heavy (non-hydrogen) atoms. The topological polar surface area (TPSA) is 80.9 Å². The number of anilines is 2. The van der Waals surface area contributed by atoms with Crippen LogP contribution < -0.4 is 10.9 Å². The first-order chi connectivity index (χ1) is 17.9. The van der Waals surface area contributed by atoms with Crippen molar-refractivity contribution in [1.29, 1.82) is 0 Å². The average Bonchev–Trinajstić information content (AvgIpc) is 3.61. The first-order valence-corrected chi connectivity index (χ1v) is 13.6. The Morgan fingerprint density at radius 3 is 2.61 bits per heavy atom. The van der Waals surface area contributed by atoms with Crippen LogP contribution in [0.1, 0.15) is 70.3 Å². The summed E-state index contributed by atoms with van der Waals surface area (Å²) in [6.07, 6.45) is 3.55. The molecule has 3 aromatic heterocycles. The van der Waals surface area contributed by atoms with Crippen molar-refractivity contribution in [1.82, 2.24) is 29.2 Å². The molecule has 4 heterocycles. The normalized spacial score (nSPS) is 17.6. The van der Waals surface area contributed by atoms with Gasteiger partial charge in [-0.15, -0.1) is 0 Å². The number of hydrogen-bond acceptors (Lipinski definition) is 6. The Morgan fingerprint density at radius 1 is 1.13 bits per heavy atom. The molecule has 0 radical (unpaired) electrons. The lowest BCUT2D eigenvalue weighted by molar-refractivity contribution is 0.236. The molecule has 0 unspecified atom stereocenters. The van der Waals surface area contributed by atoms with Gasteiger partial charge in [-0.1, -0.05) is 52.3 Å². The van der Waals surface area contributed by atoms with Crippen LogP contribution in [0.25, 0.3) is 16.9 Å². The largest absolute Gasteiger partial charge is 0.324 e. The molecule has 1 aliphatic heterocycles. The standard InChI is InChI=1S/C29H34ClN7O/c1-28(2,3)22-8-7-9-23(33-22)37-25-20(26(38)36(37)19-10-11-19)14-31-27(34-25)32-18-12-17-15-35(6)16-29(4,5)24(17)21(30)13-18/h7-9,12-14,19H,10-11,15-16H2,1-6H3,(H,31,32,34). The van der Waals surface area contributed by atoms with Crippen molar-refractivity contribution in [2.75, 3.05) is 18.9 Å². The number of hydrogen-bond donors (Lipinski definition) is 1. The van der Waals surface area contributed by atoms with Gasteiger partial charge in [0.05, 0.1) is 6.04 Å². The van der Waals surface area contributed by atoms with Crippen molar-refractivity contribution < 1.29 is 0 Å². The Balaban J connectivity index is 1.46. The van der Waals surface area contributed by atoms with Crippen molar-refractivity contribution in [3.05, 3.63) is 68.7 Å². The lowest BCUT2D eigenvalue weighted by Crippen LogP contribution is -2.40. The first kappa shape index (κ1) is 25.1. The van der Waals surface area contributed by atoms with Crippen LogP contribution in [-0.2, 0) is 17.4 Å². The number of fused-ring (bicyclic) bond motifs is 2. The molecule has 8 nitrogen and oxygen atoms in total. The van der Waals surface area contributed by atoms with E-state index in [1.165, 1.54) is 11.1 Å². The van der Waals surface area contributed by atoms with Gasteiger partial charge < -0.3 is 10.2 Å². The molecule has 1 N–H and O–H groups in total. The van der Waals surface area contributed by atoms with Gasteiger partial charge in [-0.05, 0) is 55.3 Å². The Bertz CT molecular complexity index is 1620. The Labute approximate surface area is 227 Å². The van der Waals surface area contributed by atoms with Gasteiger partial charge in [-0.25, -0.2) is 19.3 Å². The molecule has 1 aromatic carbocycles. The first-order valence-electron chi connectivity index (χ1n) is 13.2. The predicted octanol–water partition coefficient (Wildman–Crippen LogP) is 5.73. The van der Waals surface area contributed by atoms with Gasteiger partial charge in [-0.2, -0.15) is 4.98 Å². The summed E-state index contributed by atoms with van der Waals surface area (Å²) in [5.74, 6) is 1.09. The third-order valence-corrected chi connectivity index (χ3v) is 7.74. The zero-order valence-corrected chi connectivity index (χ0v) is 23.6. The second-order valence-corrected chi connectivity index (χ2v) is 12.8. The highest BCUT2D eigenvalue weighted by Crippen LogP contribution is 2.40. The molecular formula is C29H34ClN7O. The monoisotopic (exact) mass is 531 g/mol. The maximum atomic E-state index is 13.4. The van der Waals surface area contributed by atoms with Crippen LogP contribution in [0.15, 0.2) is 41.3 Å². The fourth-order valence-electron chi connectivity index (χ4n) is 5.74. The number of rotatable bonds is 4. The highest BCUT2D eigenvalue weighted by Gasteiger charge is 2.33. The van der Waals surface area contributed by atoms with Crippen LogP contribution in [0.5, 0.6) is 0 Å². The Kier molecular flexibility index (Phi) is 5.70. The zero-order valence-electron chi connectivity index (χ0n) is 22.8. The fraction of sp³-hybridized carbons (Fsp3) is 0.448. The third kappa shape index (κ3) is 4.29. The minimum atomic E-state index is -0.125. The van der Waals surface area contributed by atoms with Gasteiger partial charge in [0.15, 0.2) is 11.5 Å². The number of halogens is 1.